The summed E-state index contributed by atoms with van der Waals surface area (Å²) in [6.45, 7) is 1.99. The molecule has 0 amide bonds. The molecule has 1 heterocycles. The molecule has 0 unspecified atom stereocenters. The van der Waals surface area contributed by atoms with Gasteiger partial charge in [0.2, 0.25) is 0 Å². The zero-order valence-electron chi connectivity index (χ0n) is 6.01. The minimum Gasteiger partial charge on any atom is -0.355 e. The molecule has 0 spiro atoms. The Kier molecular flexibility index (Phi) is 2.62. The molecule has 4 N–H and O–H groups in total. The summed E-state index contributed by atoms with van der Waals surface area (Å²) in [5.74, 6) is 0. The lowest BCUT2D eigenvalue weighted by Crippen LogP contribution is -2.50. The van der Waals surface area contributed by atoms with Gasteiger partial charge in [-0.1, -0.05) is 0 Å². The van der Waals surface area contributed by atoms with E-state index in [4.69, 9.17) is 20.9 Å². The fraction of sp³-hybridized carbons (Fsp3) is 1.00. The first-order valence-electron chi connectivity index (χ1n) is 3.45. The lowest BCUT2D eigenvalue weighted by Gasteiger charge is -2.34. The first kappa shape index (κ1) is 7.94. The highest BCUT2D eigenvalue weighted by atomic mass is 16.7. The molecular weight excluding hydrogens is 132 g/mol. The van der Waals surface area contributed by atoms with E-state index >= 15 is 0 Å². The molecule has 10 heavy (non-hydrogen) atoms. The monoisotopic (exact) mass is 146 g/mol. The molecule has 1 aliphatic rings. The molecule has 1 fully saturated rings. The van der Waals surface area contributed by atoms with Gasteiger partial charge in [0.15, 0.2) is 0 Å². The van der Waals surface area contributed by atoms with Crippen molar-refractivity contribution in [2.45, 2.75) is 12.0 Å². The van der Waals surface area contributed by atoms with Gasteiger partial charge in [-0.2, -0.15) is 0 Å². The van der Waals surface area contributed by atoms with Crippen molar-refractivity contribution in [2.75, 3.05) is 26.5 Å². The SMILES string of the molecule is NCC1(CN)CCOCO1. The highest BCUT2D eigenvalue weighted by Gasteiger charge is 2.30. The van der Waals surface area contributed by atoms with E-state index in [1.54, 1.807) is 0 Å². The third-order valence-corrected chi connectivity index (χ3v) is 1.89. The molecule has 1 saturated heterocycles. The first-order valence-corrected chi connectivity index (χ1v) is 3.45. The standard InChI is InChI=1S/C6H14N2O2/c7-3-6(4-8)1-2-9-5-10-6/h1-5,7-8H2. The van der Waals surface area contributed by atoms with Crippen LogP contribution in [0.4, 0.5) is 0 Å². The van der Waals surface area contributed by atoms with Crippen molar-refractivity contribution in [1.29, 1.82) is 0 Å². The Morgan fingerprint density at radius 2 is 2.00 bits per heavy atom. The second-order valence-corrected chi connectivity index (χ2v) is 2.51. The van der Waals surface area contributed by atoms with Crippen molar-refractivity contribution in [2.24, 2.45) is 11.5 Å². The molecule has 1 rings (SSSR count). The van der Waals surface area contributed by atoms with Crippen molar-refractivity contribution in [3.63, 3.8) is 0 Å². The molecule has 4 nitrogen and oxygen atoms in total. The van der Waals surface area contributed by atoms with E-state index in [9.17, 15) is 0 Å². The first-order chi connectivity index (χ1) is 4.83. The van der Waals surface area contributed by atoms with Gasteiger partial charge in [-0.3, -0.25) is 0 Å². The second-order valence-electron chi connectivity index (χ2n) is 2.51. The van der Waals surface area contributed by atoms with Crippen molar-refractivity contribution < 1.29 is 9.47 Å². The Morgan fingerprint density at radius 3 is 2.30 bits per heavy atom. The number of nitrogens with two attached hydrogens (primary N) is 2. The molecule has 60 valence electrons. The molecule has 0 aromatic carbocycles. The van der Waals surface area contributed by atoms with Gasteiger partial charge in [0.25, 0.3) is 0 Å². The summed E-state index contributed by atoms with van der Waals surface area (Å²) in [6, 6.07) is 0. The maximum Gasteiger partial charge on any atom is 0.147 e. The zero-order valence-corrected chi connectivity index (χ0v) is 6.01. The van der Waals surface area contributed by atoms with E-state index in [0.717, 1.165) is 6.42 Å². The van der Waals surface area contributed by atoms with Crippen LogP contribution in [0, 0.1) is 0 Å². The molecule has 0 aromatic rings. The predicted molar refractivity (Wildman–Crippen MR) is 37.4 cm³/mol. The molecular formula is C6H14N2O2. The largest absolute Gasteiger partial charge is 0.355 e. The van der Waals surface area contributed by atoms with Crippen LogP contribution in [-0.2, 0) is 9.47 Å². The lowest BCUT2D eigenvalue weighted by atomic mass is 10.00. The van der Waals surface area contributed by atoms with E-state index in [1.807, 2.05) is 0 Å². The summed E-state index contributed by atoms with van der Waals surface area (Å²) >= 11 is 0. The molecule has 0 bridgehead atoms. The van der Waals surface area contributed by atoms with Gasteiger partial charge in [-0.25, -0.2) is 0 Å². The summed E-state index contributed by atoms with van der Waals surface area (Å²) in [5.41, 5.74) is 10.7. The predicted octanol–water partition coefficient (Wildman–Crippen LogP) is -0.963. The summed E-state index contributed by atoms with van der Waals surface area (Å²) < 4.78 is 10.3. The van der Waals surface area contributed by atoms with Crippen LogP contribution in [0.2, 0.25) is 0 Å². The molecule has 1 aliphatic heterocycles. The average Bonchev–Trinajstić information content (AvgIpc) is 2.06. The fourth-order valence-corrected chi connectivity index (χ4v) is 0.961. The van der Waals surface area contributed by atoms with Crippen LogP contribution >= 0.6 is 0 Å². The summed E-state index contributed by atoms with van der Waals surface area (Å²) in [7, 11) is 0. The van der Waals surface area contributed by atoms with Gasteiger partial charge in [-0.15, -0.1) is 0 Å². The Balaban J connectivity index is 2.44. The Morgan fingerprint density at radius 1 is 1.30 bits per heavy atom. The number of hydrogen-bond acceptors (Lipinski definition) is 4. The van der Waals surface area contributed by atoms with Gasteiger partial charge >= 0.3 is 0 Å². The van der Waals surface area contributed by atoms with Crippen LogP contribution in [0.3, 0.4) is 0 Å². The summed E-state index contributed by atoms with van der Waals surface area (Å²) in [6.07, 6.45) is 0.806. The normalized spacial score (nSPS) is 24.6. The van der Waals surface area contributed by atoms with Crippen molar-refractivity contribution in [3.8, 4) is 0 Å². The number of hydrogen-bond donors (Lipinski definition) is 2. The molecule has 0 radical (unpaired) electrons. The van der Waals surface area contributed by atoms with E-state index in [1.165, 1.54) is 0 Å². The molecule has 0 aromatic heterocycles. The molecule has 4 heteroatoms. The van der Waals surface area contributed by atoms with Crippen LogP contribution in [0.15, 0.2) is 0 Å². The van der Waals surface area contributed by atoms with Gasteiger partial charge in [0.05, 0.1) is 12.2 Å². The molecule has 0 saturated carbocycles. The van der Waals surface area contributed by atoms with Crippen molar-refractivity contribution in [3.05, 3.63) is 0 Å². The van der Waals surface area contributed by atoms with Gasteiger partial charge in [0.1, 0.15) is 6.79 Å². The van der Waals surface area contributed by atoms with Crippen LogP contribution in [0.25, 0.3) is 0 Å². The average molecular weight is 146 g/mol. The quantitative estimate of drug-likeness (QED) is 0.526. The minimum atomic E-state index is -0.307. The number of rotatable bonds is 2. The number of ether oxygens (including phenoxy) is 2. The summed E-state index contributed by atoms with van der Waals surface area (Å²) in [5, 5.41) is 0. The van der Waals surface area contributed by atoms with Crippen LogP contribution in [0.5, 0.6) is 0 Å². The topological polar surface area (TPSA) is 70.5 Å². The Hall–Kier alpha value is -0.160. The van der Waals surface area contributed by atoms with Gasteiger partial charge in [-0.05, 0) is 0 Å². The van der Waals surface area contributed by atoms with Crippen LogP contribution < -0.4 is 11.5 Å². The molecule has 0 atom stereocenters. The smallest absolute Gasteiger partial charge is 0.147 e. The fourth-order valence-electron chi connectivity index (χ4n) is 0.961. The van der Waals surface area contributed by atoms with Gasteiger partial charge < -0.3 is 20.9 Å². The highest BCUT2D eigenvalue weighted by Crippen LogP contribution is 2.17. The lowest BCUT2D eigenvalue weighted by molar-refractivity contribution is -0.185. The van der Waals surface area contributed by atoms with E-state index in [-0.39, 0.29) is 5.60 Å². The van der Waals surface area contributed by atoms with Gasteiger partial charge in [0, 0.05) is 19.5 Å². The Bertz CT molecular complexity index is 95.9. The minimum absolute atomic E-state index is 0.307. The maximum atomic E-state index is 5.49. The van der Waals surface area contributed by atoms with Crippen molar-refractivity contribution in [1.82, 2.24) is 0 Å². The zero-order chi connectivity index (χ0) is 7.45. The highest BCUT2D eigenvalue weighted by molar-refractivity contribution is 4.83. The molecule has 0 aliphatic carbocycles. The third-order valence-electron chi connectivity index (χ3n) is 1.89. The van der Waals surface area contributed by atoms with E-state index in [0.29, 0.717) is 26.5 Å². The second kappa shape index (κ2) is 3.30. The van der Waals surface area contributed by atoms with E-state index < -0.39 is 0 Å². The third kappa shape index (κ3) is 1.46. The summed E-state index contributed by atoms with van der Waals surface area (Å²) in [4.78, 5) is 0. The van der Waals surface area contributed by atoms with Crippen molar-refractivity contribution >= 4 is 0 Å². The Labute approximate surface area is 60.5 Å². The van der Waals surface area contributed by atoms with Crippen LogP contribution in [0.1, 0.15) is 6.42 Å². The maximum absolute atomic E-state index is 5.49. The van der Waals surface area contributed by atoms with Crippen LogP contribution in [-0.4, -0.2) is 32.1 Å². The van der Waals surface area contributed by atoms with E-state index in [2.05, 4.69) is 0 Å².